The molecule has 0 aliphatic heterocycles. The summed E-state index contributed by atoms with van der Waals surface area (Å²) >= 11 is 4.88. The van der Waals surface area contributed by atoms with Gasteiger partial charge in [-0.05, 0) is 36.0 Å². The molecule has 2 N–H and O–H groups in total. The maximum atomic E-state index is 8.47. The first-order valence-corrected chi connectivity index (χ1v) is 5.80. The lowest BCUT2D eigenvalue weighted by atomic mass is 10.2. The molecular weight excluding hydrogens is 264 g/mol. The zero-order valence-electron chi connectivity index (χ0n) is 10.6. The van der Waals surface area contributed by atoms with E-state index in [0.29, 0.717) is 16.6 Å². The van der Waals surface area contributed by atoms with E-state index in [1.807, 2.05) is 6.07 Å². The Bertz CT molecular complexity index is 511. The van der Waals surface area contributed by atoms with Crippen LogP contribution < -0.4 is 20.2 Å². The van der Waals surface area contributed by atoms with E-state index in [0.717, 1.165) is 5.56 Å². The highest BCUT2D eigenvalue weighted by atomic mass is 32.1. The van der Waals surface area contributed by atoms with Crippen molar-refractivity contribution in [2.45, 2.75) is 0 Å². The lowest BCUT2D eigenvalue weighted by Gasteiger charge is -2.08. The normalized spacial score (nSPS) is 9.74. The summed E-state index contributed by atoms with van der Waals surface area (Å²) < 4.78 is 10.4. The van der Waals surface area contributed by atoms with Crippen molar-refractivity contribution in [3.63, 3.8) is 0 Å². The average Bonchev–Trinajstić information content (AvgIpc) is 2.45. The fourth-order valence-electron chi connectivity index (χ4n) is 1.22. The van der Waals surface area contributed by atoms with Crippen molar-refractivity contribution < 1.29 is 9.47 Å². The van der Waals surface area contributed by atoms with Gasteiger partial charge < -0.3 is 14.8 Å². The van der Waals surface area contributed by atoms with Crippen molar-refractivity contribution in [2.75, 3.05) is 20.8 Å². The number of hydrazone groups is 1. The lowest BCUT2D eigenvalue weighted by molar-refractivity contribution is 0.329. The zero-order valence-corrected chi connectivity index (χ0v) is 11.5. The number of benzene rings is 1. The van der Waals surface area contributed by atoms with Gasteiger partial charge in [-0.15, -0.1) is 0 Å². The largest absolute Gasteiger partial charge is 0.493 e. The highest BCUT2D eigenvalue weighted by Gasteiger charge is 2.04. The monoisotopic (exact) mass is 278 g/mol. The number of rotatable bonds is 5. The molecule has 6 nitrogen and oxygen atoms in total. The molecular formula is C12H14N4O2S. The molecule has 1 rings (SSSR count). The Kier molecular flexibility index (Phi) is 6.12. The molecule has 7 heteroatoms. The molecule has 1 aromatic rings. The van der Waals surface area contributed by atoms with E-state index in [2.05, 4.69) is 15.8 Å². The molecule has 0 aliphatic rings. The molecule has 0 atom stereocenters. The van der Waals surface area contributed by atoms with E-state index in [1.54, 1.807) is 31.5 Å². The van der Waals surface area contributed by atoms with E-state index < -0.39 is 0 Å². The second-order valence-electron chi connectivity index (χ2n) is 3.31. The fourth-order valence-corrected chi connectivity index (χ4v) is 1.27. The summed E-state index contributed by atoms with van der Waals surface area (Å²) in [5.41, 5.74) is 3.45. The van der Waals surface area contributed by atoms with Crippen LogP contribution in [-0.2, 0) is 0 Å². The second kappa shape index (κ2) is 7.89. The Morgan fingerprint density at radius 3 is 2.95 bits per heavy atom. The maximum Gasteiger partial charge on any atom is 0.186 e. The molecule has 100 valence electrons. The summed E-state index contributed by atoms with van der Waals surface area (Å²) in [5, 5.41) is 15.6. The number of thiocarbonyl (C=S) groups is 1. The van der Waals surface area contributed by atoms with Gasteiger partial charge in [-0.2, -0.15) is 10.4 Å². The second-order valence-corrected chi connectivity index (χ2v) is 3.71. The van der Waals surface area contributed by atoms with E-state index in [9.17, 15) is 0 Å². The molecule has 0 heterocycles. The van der Waals surface area contributed by atoms with Gasteiger partial charge in [0.05, 0.1) is 13.3 Å². The van der Waals surface area contributed by atoms with Crippen LogP contribution in [0.15, 0.2) is 23.3 Å². The van der Waals surface area contributed by atoms with Crippen LogP contribution in [0.4, 0.5) is 0 Å². The summed E-state index contributed by atoms with van der Waals surface area (Å²) in [6.07, 6.45) is 1.60. The van der Waals surface area contributed by atoms with Crippen LogP contribution in [-0.4, -0.2) is 32.1 Å². The highest BCUT2D eigenvalue weighted by molar-refractivity contribution is 7.80. The van der Waals surface area contributed by atoms with Gasteiger partial charge in [-0.1, -0.05) is 0 Å². The van der Waals surface area contributed by atoms with Crippen LogP contribution in [0, 0.1) is 11.3 Å². The van der Waals surface area contributed by atoms with Gasteiger partial charge in [0.2, 0.25) is 0 Å². The van der Waals surface area contributed by atoms with Gasteiger partial charge in [0.25, 0.3) is 0 Å². The average molecular weight is 278 g/mol. The molecule has 0 aromatic heterocycles. The number of ether oxygens (including phenoxy) is 2. The molecule has 0 aliphatic carbocycles. The van der Waals surface area contributed by atoms with Gasteiger partial charge in [0.1, 0.15) is 6.07 Å². The van der Waals surface area contributed by atoms with Crippen molar-refractivity contribution in [1.82, 2.24) is 10.7 Å². The molecule has 0 unspecified atom stereocenters. The number of nitrogens with zero attached hydrogens (tertiary/aromatic N) is 2. The van der Waals surface area contributed by atoms with E-state index in [1.165, 1.54) is 7.11 Å². The maximum absolute atomic E-state index is 8.47. The van der Waals surface area contributed by atoms with Crippen LogP contribution in [0.1, 0.15) is 5.56 Å². The van der Waals surface area contributed by atoms with Crippen LogP contribution >= 0.6 is 12.2 Å². The first-order chi connectivity index (χ1) is 9.21. The number of methoxy groups -OCH3 is 1. The zero-order chi connectivity index (χ0) is 14.1. The van der Waals surface area contributed by atoms with Crippen molar-refractivity contribution in [1.29, 1.82) is 5.26 Å². The minimum absolute atomic E-state index is 0.0260. The number of hydrogen-bond donors (Lipinski definition) is 2. The molecule has 0 fully saturated rings. The lowest BCUT2D eigenvalue weighted by Crippen LogP contribution is -2.28. The molecule has 1 aromatic carbocycles. The van der Waals surface area contributed by atoms with Crippen LogP contribution in [0.25, 0.3) is 0 Å². The van der Waals surface area contributed by atoms with Crippen molar-refractivity contribution in [2.24, 2.45) is 5.10 Å². The number of nitrogens with one attached hydrogen (secondary N) is 2. The molecule has 0 bridgehead atoms. The number of hydrogen-bond acceptors (Lipinski definition) is 5. The van der Waals surface area contributed by atoms with E-state index in [4.69, 9.17) is 27.0 Å². The highest BCUT2D eigenvalue weighted by Crippen LogP contribution is 2.27. The Morgan fingerprint density at radius 2 is 2.32 bits per heavy atom. The number of nitriles is 1. The van der Waals surface area contributed by atoms with Gasteiger partial charge in [0.15, 0.2) is 23.2 Å². The summed E-state index contributed by atoms with van der Waals surface area (Å²) in [4.78, 5) is 0. The first kappa shape index (κ1) is 14.7. The third-order valence-corrected chi connectivity index (χ3v) is 2.38. The summed E-state index contributed by atoms with van der Waals surface area (Å²) in [7, 11) is 3.24. The van der Waals surface area contributed by atoms with Gasteiger partial charge in [-0.25, -0.2) is 0 Å². The SMILES string of the molecule is CNC(=S)N/N=C/c1ccc(OCC#N)c(OC)c1. The standard InChI is InChI=1S/C12H14N4O2S/c1-14-12(19)16-15-8-9-3-4-10(18-6-5-13)11(7-9)17-2/h3-4,7-8H,6H2,1-2H3,(H2,14,16,19)/b15-8+. The minimum Gasteiger partial charge on any atom is -0.493 e. The third-order valence-electron chi connectivity index (χ3n) is 2.09. The van der Waals surface area contributed by atoms with Gasteiger partial charge in [-0.3, -0.25) is 5.43 Å². The molecule has 0 saturated carbocycles. The van der Waals surface area contributed by atoms with Crippen molar-refractivity contribution in [3.8, 4) is 17.6 Å². The first-order valence-electron chi connectivity index (χ1n) is 5.39. The third kappa shape index (κ3) is 4.81. The smallest absolute Gasteiger partial charge is 0.186 e. The molecule has 0 spiro atoms. The Labute approximate surface area is 117 Å². The topological polar surface area (TPSA) is 78.7 Å². The van der Waals surface area contributed by atoms with Crippen LogP contribution in [0.2, 0.25) is 0 Å². The summed E-state index contributed by atoms with van der Waals surface area (Å²) in [5.74, 6) is 1.05. The van der Waals surface area contributed by atoms with Crippen LogP contribution in [0.3, 0.4) is 0 Å². The minimum atomic E-state index is -0.0260. The van der Waals surface area contributed by atoms with E-state index in [-0.39, 0.29) is 6.61 Å². The quantitative estimate of drug-likeness (QED) is 0.476. The van der Waals surface area contributed by atoms with E-state index >= 15 is 0 Å². The Morgan fingerprint density at radius 1 is 1.53 bits per heavy atom. The van der Waals surface area contributed by atoms with Crippen molar-refractivity contribution in [3.05, 3.63) is 23.8 Å². The Hall–Kier alpha value is -2.33. The van der Waals surface area contributed by atoms with Crippen LogP contribution in [0.5, 0.6) is 11.5 Å². The molecule has 0 amide bonds. The summed E-state index contributed by atoms with van der Waals surface area (Å²) in [6.45, 7) is -0.0260. The fraction of sp³-hybridized carbons (Fsp3) is 0.250. The van der Waals surface area contributed by atoms with Crippen molar-refractivity contribution >= 4 is 23.5 Å². The predicted molar refractivity (Wildman–Crippen MR) is 76.5 cm³/mol. The van der Waals surface area contributed by atoms with Gasteiger partial charge in [0, 0.05) is 7.05 Å². The molecule has 0 saturated heterocycles. The molecule has 19 heavy (non-hydrogen) atoms. The Balaban J connectivity index is 2.76. The molecule has 0 radical (unpaired) electrons. The predicted octanol–water partition coefficient (Wildman–Crippen LogP) is 1.03. The summed E-state index contributed by atoms with van der Waals surface area (Å²) in [6, 6.07) is 7.16. The van der Waals surface area contributed by atoms with Gasteiger partial charge >= 0.3 is 0 Å².